The summed E-state index contributed by atoms with van der Waals surface area (Å²) in [4.78, 5) is 26.7. The Bertz CT molecular complexity index is 760. The van der Waals surface area contributed by atoms with E-state index in [0.717, 1.165) is 25.1 Å². The van der Waals surface area contributed by atoms with Gasteiger partial charge in [-0.1, -0.05) is 44.2 Å². The number of carbonyl (C=O) groups is 1. The van der Waals surface area contributed by atoms with E-state index in [1.165, 1.54) is 16.8 Å². The third kappa shape index (κ3) is 3.72. The van der Waals surface area contributed by atoms with Gasteiger partial charge in [0.05, 0.1) is 6.54 Å². The van der Waals surface area contributed by atoms with Crippen LogP contribution < -0.4 is 5.56 Å². The molecule has 5 heteroatoms. The highest BCUT2D eigenvalue weighted by molar-refractivity contribution is 5.92. The molecule has 0 radical (unpaired) electrons. The fourth-order valence-corrected chi connectivity index (χ4v) is 3.42. The van der Waals surface area contributed by atoms with Crippen molar-refractivity contribution in [2.24, 2.45) is 11.8 Å². The van der Waals surface area contributed by atoms with Crippen molar-refractivity contribution < 1.29 is 4.79 Å². The summed E-state index contributed by atoms with van der Waals surface area (Å²) in [5, 5.41) is 4.31. The molecule has 0 saturated carbocycles. The van der Waals surface area contributed by atoms with Crippen molar-refractivity contribution in [2.75, 3.05) is 13.1 Å². The third-order valence-electron chi connectivity index (χ3n) is 4.42. The first-order chi connectivity index (χ1) is 11.5. The zero-order valence-electron chi connectivity index (χ0n) is 14.2. The van der Waals surface area contributed by atoms with Gasteiger partial charge < -0.3 is 4.90 Å². The maximum Gasteiger partial charge on any atom is 0.274 e. The van der Waals surface area contributed by atoms with Gasteiger partial charge in [-0.15, -0.1) is 0 Å². The number of amides is 1. The van der Waals surface area contributed by atoms with Gasteiger partial charge in [0.1, 0.15) is 5.69 Å². The Kier molecular flexibility index (Phi) is 4.79. The lowest BCUT2D eigenvalue weighted by atomic mass is 9.92. The number of carbonyl (C=O) groups excluding carboxylic acids is 1. The van der Waals surface area contributed by atoms with E-state index in [2.05, 4.69) is 18.9 Å². The summed E-state index contributed by atoms with van der Waals surface area (Å²) in [6, 6.07) is 12.6. The van der Waals surface area contributed by atoms with Gasteiger partial charge in [-0.25, -0.2) is 4.68 Å². The zero-order chi connectivity index (χ0) is 17.1. The molecule has 2 unspecified atom stereocenters. The van der Waals surface area contributed by atoms with Crippen LogP contribution in [0.1, 0.15) is 36.3 Å². The van der Waals surface area contributed by atoms with Crippen LogP contribution >= 0.6 is 0 Å². The number of aromatic nitrogens is 2. The number of rotatable bonds is 3. The Hall–Kier alpha value is -2.43. The van der Waals surface area contributed by atoms with Gasteiger partial charge in [-0.3, -0.25) is 9.59 Å². The normalized spacial score (nSPS) is 20.8. The standard InChI is InChI=1S/C19H23N3O2/c1-14-10-15(2)12-21(11-14)19(24)17-8-9-18(23)22(20-17)13-16-6-4-3-5-7-16/h3-9,14-15H,10-13H2,1-2H3. The number of benzene rings is 1. The maximum absolute atomic E-state index is 12.8. The fourth-order valence-electron chi connectivity index (χ4n) is 3.42. The summed E-state index contributed by atoms with van der Waals surface area (Å²) >= 11 is 0. The van der Waals surface area contributed by atoms with E-state index >= 15 is 0 Å². The molecule has 1 aliphatic rings. The molecule has 1 fully saturated rings. The molecule has 24 heavy (non-hydrogen) atoms. The molecule has 1 aromatic carbocycles. The molecule has 0 aliphatic carbocycles. The molecule has 0 N–H and O–H groups in total. The fraction of sp³-hybridized carbons (Fsp3) is 0.421. The molecule has 5 nitrogen and oxygen atoms in total. The second-order valence-electron chi connectivity index (χ2n) is 6.86. The number of hydrogen-bond acceptors (Lipinski definition) is 3. The van der Waals surface area contributed by atoms with Crippen LogP contribution in [0.3, 0.4) is 0 Å². The summed E-state index contributed by atoms with van der Waals surface area (Å²) < 4.78 is 1.36. The van der Waals surface area contributed by atoms with Crippen molar-refractivity contribution in [3.05, 3.63) is 64.1 Å². The molecule has 2 aromatic rings. The van der Waals surface area contributed by atoms with Crippen molar-refractivity contribution in [1.82, 2.24) is 14.7 Å². The Morgan fingerprint density at radius 1 is 1.08 bits per heavy atom. The zero-order valence-corrected chi connectivity index (χ0v) is 14.2. The molecule has 0 bridgehead atoms. The number of nitrogens with zero attached hydrogens (tertiary/aromatic N) is 3. The number of likely N-dealkylation sites (tertiary alicyclic amines) is 1. The Morgan fingerprint density at radius 3 is 2.42 bits per heavy atom. The molecule has 2 heterocycles. The number of hydrogen-bond donors (Lipinski definition) is 0. The summed E-state index contributed by atoms with van der Waals surface area (Å²) in [5.41, 5.74) is 1.12. The van der Waals surface area contributed by atoms with Crippen LogP contribution in [0.5, 0.6) is 0 Å². The van der Waals surface area contributed by atoms with E-state index in [-0.39, 0.29) is 11.5 Å². The van der Waals surface area contributed by atoms with Crippen LogP contribution in [0, 0.1) is 11.8 Å². The van der Waals surface area contributed by atoms with Gasteiger partial charge in [0, 0.05) is 19.2 Å². The molecular formula is C19H23N3O2. The van der Waals surface area contributed by atoms with Crippen molar-refractivity contribution in [1.29, 1.82) is 0 Å². The Balaban J connectivity index is 1.82. The van der Waals surface area contributed by atoms with Crippen LogP contribution in [0.25, 0.3) is 0 Å². The third-order valence-corrected chi connectivity index (χ3v) is 4.42. The minimum absolute atomic E-state index is 0.0878. The lowest BCUT2D eigenvalue weighted by Crippen LogP contribution is -2.43. The van der Waals surface area contributed by atoms with E-state index in [1.807, 2.05) is 35.2 Å². The Morgan fingerprint density at radius 2 is 1.75 bits per heavy atom. The topological polar surface area (TPSA) is 55.2 Å². The molecule has 126 valence electrons. The lowest BCUT2D eigenvalue weighted by Gasteiger charge is -2.34. The minimum Gasteiger partial charge on any atom is -0.337 e. The van der Waals surface area contributed by atoms with Crippen LogP contribution in [0.4, 0.5) is 0 Å². The second kappa shape index (κ2) is 6.99. The monoisotopic (exact) mass is 325 g/mol. The van der Waals surface area contributed by atoms with Crippen molar-refractivity contribution >= 4 is 5.91 Å². The van der Waals surface area contributed by atoms with Gasteiger partial charge in [0.2, 0.25) is 0 Å². The van der Waals surface area contributed by atoms with Gasteiger partial charge >= 0.3 is 0 Å². The highest BCUT2D eigenvalue weighted by Crippen LogP contribution is 2.21. The van der Waals surface area contributed by atoms with Gasteiger partial charge in [0.15, 0.2) is 0 Å². The van der Waals surface area contributed by atoms with E-state index in [1.54, 1.807) is 0 Å². The molecule has 1 saturated heterocycles. The highest BCUT2D eigenvalue weighted by Gasteiger charge is 2.27. The van der Waals surface area contributed by atoms with Gasteiger partial charge in [0.25, 0.3) is 11.5 Å². The van der Waals surface area contributed by atoms with Crippen LogP contribution in [-0.2, 0) is 6.54 Å². The van der Waals surface area contributed by atoms with Gasteiger partial charge in [-0.05, 0) is 29.9 Å². The Labute approximate surface area is 141 Å². The smallest absolute Gasteiger partial charge is 0.274 e. The molecule has 1 aromatic heterocycles. The summed E-state index contributed by atoms with van der Waals surface area (Å²) in [6.45, 7) is 6.21. The molecule has 0 spiro atoms. The molecule has 1 aliphatic heterocycles. The summed E-state index contributed by atoms with van der Waals surface area (Å²) in [7, 11) is 0. The second-order valence-corrected chi connectivity index (χ2v) is 6.86. The first-order valence-corrected chi connectivity index (χ1v) is 8.44. The van der Waals surface area contributed by atoms with Crippen LogP contribution in [0.2, 0.25) is 0 Å². The average Bonchev–Trinajstić information content (AvgIpc) is 2.56. The molecule has 1 amide bonds. The summed E-state index contributed by atoms with van der Waals surface area (Å²) in [5.74, 6) is 0.899. The first kappa shape index (κ1) is 16.4. The predicted molar refractivity (Wildman–Crippen MR) is 92.9 cm³/mol. The van der Waals surface area contributed by atoms with Crippen molar-refractivity contribution in [3.63, 3.8) is 0 Å². The van der Waals surface area contributed by atoms with Crippen molar-refractivity contribution in [2.45, 2.75) is 26.8 Å². The highest BCUT2D eigenvalue weighted by atomic mass is 16.2. The number of piperidine rings is 1. The van der Waals surface area contributed by atoms with E-state index in [9.17, 15) is 9.59 Å². The van der Waals surface area contributed by atoms with Gasteiger partial charge in [-0.2, -0.15) is 5.10 Å². The largest absolute Gasteiger partial charge is 0.337 e. The van der Waals surface area contributed by atoms with Crippen LogP contribution in [-0.4, -0.2) is 33.7 Å². The van der Waals surface area contributed by atoms with E-state index in [4.69, 9.17) is 0 Å². The molecular weight excluding hydrogens is 302 g/mol. The average molecular weight is 325 g/mol. The van der Waals surface area contributed by atoms with Crippen molar-refractivity contribution in [3.8, 4) is 0 Å². The SMILES string of the molecule is CC1CC(C)CN(C(=O)c2ccc(=O)n(Cc3ccccc3)n2)C1. The molecule has 3 rings (SSSR count). The quantitative estimate of drug-likeness (QED) is 0.871. The first-order valence-electron chi connectivity index (χ1n) is 8.44. The van der Waals surface area contributed by atoms with Crippen LogP contribution in [0.15, 0.2) is 47.3 Å². The molecule has 2 atom stereocenters. The lowest BCUT2D eigenvalue weighted by molar-refractivity contribution is 0.0614. The predicted octanol–water partition coefficient (Wildman–Crippen LogP) is 2.41. The maximum atomic E-state index is 12.8. The van der Waals surface area contributed by atoms with E-state index in [0.29, 0.717) is 24.1 Å². The summed E-state index contributed by atoms with van der Waals surface area (Å²) in [6.07, 6.45) is 1.14. The minimum atomic E-state index is -0.198. The van der Waals surface area contributed by atoms with E-state index < -0.39 is 0 Å².